The normalized spacial score (nSPS) is 12.7. The molecule has 17 heavy (non-hydrogen) atoms. The van der Waals surface area contributed by atoms with Gasteiger partial charge in [-0.15, -0.1) is 0 Å². The van der Waals surface area contributed by atoms with Crippen LogP contribution < -0.4 is 5.73 Å². The standard InChI is InChI=1S/C12H20IN3O/c1-4-6-8-10(13)11(14)16-12(15-8)9(17-3)7-5-2/h9H,4-7H2,1-3H3,(H2,14,15,16). The first-order valence-corrected chi connectivity index (χ1v) is 7.06. The summed E-state index contributed by atoms with van der Waals surface area (Å²) >= 11 is 2.21. The van der Waals surface area contributed by atoms with Gasteiger partial charge >= 0.3 is 0 Å². The second-order valence-corrected chi connectivity index (χ2v) is 5.07. The number of aromatic nitrogens is 2. The molecule has 0 radical (unpaired) electrons. The van der Waals surface area contributed by atoms with E-state index in [9.17, 15) is 0 Å². The van der Waals surface area contributed by atoms with Gasteiger partial charge in [0, 0.05) is 7.11 Å². The first-order valence-electron chi connectivity index (χ1n) is 5.98. The maximum absolute atomic E-state index is 5.93. The van der Waals surface area contributed by atoms with Crippen molar-refractivity contribution in [2.75, 3.05) is 12.8 Å². The fourth-order valence-corrected chi connectivity index (χ4v) is 2.20. The van der Waals surface area contributed by atoms with Gasteiger partial charge in [0.05, 0.1) is 9.26 Å². The highest BCUT2D eigenvalue weighted by Gasteiger charge is 2.16. The Morgan fingerprint density at radius 2 is 2.00 bits per heavy atom. The third-order valence-corrected chi connectivity index (χ3v) is 3.75. The van der Waals surface area contributed by atoms with Gasteiger partial charge in [-0.05, 0) is 35.4 Å². The lowest BCUT2D eigenvalue weighted by Gasteiger charge is -2.15. The molecule has 0 spiro atoms. The number of ether oxygens (including phenoxy) is 1. The SMILES string of the molecule is CCCc1nc(C(CCC)OC)nc(N)c1I. The van der Waals surface area contributed by atoms with Crippen molar-refractivity contribution in [3.8, 4) is 0 Å². The smallest absolute Gasteiger partial charge is 0.159 e. The average Bonchev–Trinajstić information content (AvgIpc) is 2.32. The molecule has 0 bridgehead atoms. The minimum absolute atomic E-state index is 0.0464. The van der Waals surface area contributed by atoms with Gasteiger partial charge in [0.15, 0.2) is 5.82 Å². The number of halogens is 1. The number of nitrogens with two attached hydrogens (primary N) is 1. The molecule has 0 amide bonds. The lowest BCUT2D eigenvalue weighted by Crippen LogP contribution is -2.12. The van der Waals surface area contributed by atoms with E-state index >= 15 is 0 Å². The number of hydrogen-bond acceptors (Lipinski definition) is 4. The third kappa shape index (κ3) is 3.77. The molecule has 0 saturated carbocycles. The number of methoxy groups -OCH3 is 1. The molecule has 1 atom stereocenters. The minimum atomic E-state index is -0.0464. The van der Waals surface area contributed by atoms with E-state index in [0.717, 1.165) is 40.8 Å². The first kappa shape index (κ1) is 14.6. The molecule has 0 saturated heterocycles. The largest absolute Gasteiger partial charge is 0.383 e. The first-order chi connectivity index (χ1) is 8.13. The molecule has 2 N–H and O–H groups in total. The average molecular weight is 349 g/mol. The molecule has 96 valence electrons. The van der Waals surface area contributed by atoms with Crippen molar-refractivity contribution in [3.05, 3.63) is 15.1 Å². The van der Waals surface area contributed by atoms with Crippen molar-refractivity contribution in [2.45, 2.75) is 45.6 Å². The highest BCUT2D eigenvalue weighted by Crippen LogP contribution is 2.24. The van der Waals surface area contributed by atoms with Crippen LogP contribution in [0.3, 0.4) is 0 Å². The van der Waals surface area contributed by atoms with Crippen LogP contribution in [0.2, 0.25) is 0 Å². The lowest BCUT2D eigenvalue weighted by atomic mass is 10.2. The van der Waals surface area contributed by atoms with E-state index in [4.69, 9.17) is 10.5 Å². The second-order valence-electron chi connectivity index (χ2n) is 3.99. The molecular formula is C12H20IN3O. The summed E-state index contributed by atoms with van der Waals surface area (Å²) in [6.45, 7) is 4.25. The fraction of sp³-hybridized carbons (Fsp3) is 0.667. The molecule has 0 aliphatic carbocycles. The maximum atomic E-state index is 5.93. The van der Waals surface area contributed by atoms with E-state index < -0.39 is 0 Å². The predicted molar refractivity (Wildman–Crippen MR) is 77.8 cm³/mol. The summed E-state index contributed by atoms with van der Waals surface area (Å²) in [5.41, 5.74) is 6.96. The molecule has 1 aromatic rings. The Morgan fingerprint density at radius 1 is 1.29 bits per heavy atom. The van der Waals surface area contributed by atoms with Crippen molar-refractivity contribution >= 4 is 28.4 Å². The number of anilines is 1. The van der Waals surface area contributed by atoms with Gasteiger partial charge < -0.3 is 10.5 Å². The summed E-state index contributed by atoms with van der Waals surface area (Å²) in [5, 5.41) is 0. The third-order valence-electron chi connectivity index (χ3n) is 2.57. The van der Waals surface area contributed by atoms with Crippen LogP contribution in [0.4, 0.5) is 5.82 Å². The quantitative estimate of drug-likeness (QED) is 0.802. The van der Waals surface area contributed by atoms with Gasteiger partial charge in [-0.3, -0.25) is 0 Å². The molecule has 0 aromatic carbocycles. The number of nitrogen functional groups attached to an aromatic ring is 1. The lowest BCUT2D eigenvalue weighted by molar-refractivity contribution is 0.0875. The molecule has 1 heterocycles. The maximum Gasteiger partial charge on any atom is 0.159 e. The van der Waals surface area contributed by atoms with E-state index in [0.29, 0.717) is 5.82 Å². The highest BCUT2D eigenvalue weighted by atomic mass is 127. The summed E-state index contributed by atoms with van der Waals surface area (Å²) in [6.07, 6.45) is 3.89. The van der Waals surface area contributed by atoms with Crippen molar-refractivity contribution in [1.82, 2.24) is 9.97 Å². The van der Waals surface area contributed by atoms with Gasteiger partial charge in [-0.1, -0.05) is 26.7 Å². The van der Waals surface area contributed by atoms with Gasteiger partial charge in [-0.25, -0.2) is 9.97 Å². The zero-order valence-corrected chi connectivity index (χ0v) is 12.8. The van der Waals surface area contributed by atoms with Crippen LogP contribution in [0, 0.1) is 3.57 Å². The van der Waals surface area contributed by atoms with E-state index in [1.807, 2.05) is 0 Å². The van der Waals surface area contributed by atoms with E-state index in [-0.39, 0.29) is 6.10 Å². The topological polar surface area (TPSA) is 61.0 Å². The van der Waals surface area contributed by atoms with Crippen LogP contribution in [0.25, 0.3) is 0 Å². The molecule has 1 unspecified atom stereocenters. The van der Waals surface area contributed by atoms with Crippen LogP contribution in [-0.2, 0) is 11.2 Å². The Morgan fingerprint density at radius 3 is 2.53 bits per heavy atom. The van der Waals surface area contributed by atoms with Crippen molar-refractivity contribution in [2.24, 2.45) is 0 Å². The van der Waals surface area contributed by atoms with Crippen LogP contribution in [0.15, 0.2) is 0 Å². The van der Waals surface area contributed by atoms with Gasteiger partial charge in [-0.2, -0.15) is 0 Å². The van der Waals surface area contributed by atoms with E-state index in [1.54, 1.807) is 7.11 Å². The zero-order chi connectivity index (χ0) is 12.8. The van der Waals surface area contributed by atoms with Gasteiger partial charge in [0.2, 0.25) is 0 Å². The molecule has 5 heteroatoms. The minimum Gasteiger partial charge on any atom is -0.383 e. The summed E-state index contributed by atoms with van der Waals surface area (Å²) < 4.78 is 6.39. The molecule has 0 aliphatic heterocycles. The number of rotatable bonds is 6. The molecule has 0 fully saturated rings. The van der Waals surface area contributed by atoms with Crippen LogP contribution in [0.5, 0.6) is 0 Å². The van der Waals surface area contributed by atoms with Crippen molar-refractivity contribution in [1.29, 1.82) is 0 Å². The Balaban J connectivity index is 3.07. The zero-order valence-electron chi connectivity index (χ0n) is 10.7. The Kier molecular flexibility index (Phi) is 6.11. The number of nitrogens with zero attached hydrogens (tertiary/aromatic N) is 2. The summed E-state index contributed by atoms with van der Waals surface area (Å²) in [7, 11) is 1.69. The highest BCUT2D eigenvalue weighted by molar-refractivity contribution is 14.1. The predicted octanol–water partition coefficient (Wildman–Crippen LogP) is 3.10. The van der Waals surface area contributed by atoms with Crippen molar-refractivity contribution in [3.63, 3.8) is 0 Å². The Hall–Kier alpha value is -0.430. The van der Waals surface area contributed by atoms with Gasteiger partial charge in [0.1, 0.15) is 11.9 Å². The van der Waals surface area contributed by atoms with Crippen LogP contribution >= 0.6 is 22.6 Å². The second kappa shape index (κ2) is 7.10. The molecule has 0 aliphatic rings. The van der Waals surface area contributed by atoms with Crippen molar-refractivity contribution < 1.29 is 4.74 Å². The van der Waals surface area contributed by atoms with Crippen LogP contribution in [0.1, 0.15) is 50.7 Å². The summed E-state index contributed by atoms with van der Waals surface area (Å²) in [4.78, 5) is 8.93. The van der Waals surface area contributed by atoms with Gasteiger partial charge in [0.25, 0.3) is 0 Å². The van der Waals surface area contributed by atoms with E-state index in [1.165, 1.54) is 0 Å². The monoisotopic (exact) mass is 349 g/mol. The Bertz CT molecular complexity index is 371. The fourth-order valence-electron chi connectivity index (χ4n) is 1.69. The van der Waals surface area contributed by atoms with Crippen LogP contribution in [-0.4, -0.2) is 17.1 Å². The Labute approximate surface area is 117 Å². The summed E-state index contributed by atoms with van der Waals surface area (Å²) in [5.74, 6) is 1.29. The van der Waals surface area contributed by atoms with E-state index in [2.05, 4.69) is 46.4 Å². The molecule has 1 aromatic heterocycles. The number of hydrogen-bond donors (Lipinski definition) is 1. The summed E-state index contributed by atoms with van der Waals surface area (Å²) in [6, 6.07) is 0. The molecule has 1 rings (SSSR count). The molecule has 4 nitrogen and oxygen atoms in total. The molecular weight excluding hydrogens is 329 g/mol. The number of aryl methyl sites for hydroxylation is 1.